The minimum Gasteiger partial charge on any atom is -0.496 e. The van der Waals surface area contributed by atoms with E-state index < -0.39 is 0 Å². The molecule has 1 fully saturated rings. The van der Waals surface area contributed by atoms with Crippen molar-refractivity contribution in [2.24, 2.45) is 5.92 Å². The molecule has 2 aromatic rings. The zero-order chi connectivity index (χ0) is 14.1. The fourth-order valence-electron chi connectivity index (χ4n) is 2.63. The maximum absolute atomic E-state index is 12.6. The first-order valence-corrected chi connectivity index (χ1v) is 7.71. The molecule has 0 saturated heterocycles. The largest absolute Gasteiger partial charge is 0.496 e. The summed E-state index contributed by atoms with van der Waals surface area (Å²) in [6.45, 7) is 0. The van der Waals surface area contributed by atoms with Gasteiger partial charge in [-0.05, 0) is 58.7 Å². The number of hydrogen-bond donors (Lipinski definition) is 0. The van der Waals surface area contributed by atoms with Gasteiger partial charge in [0.15, 0.2) is 5.78 Å². The number of rotatable bonds is 4. The molecule has 3 heteroatoms. The van der Waals surface area contributed by atoms with Crippen molar-refractivity contribution in [3.05, 3.63) is 63.2 Å². The van der Waals surface area contributed by atoms with Crippen LogP contribution in [0.25, 0.3) is 0 Å². The quantitative estimate of drug-likeness (QED) is 0.586. The van der Waals surface area contributed by atoms with Crippen LogP contribution in [0.5, 0.6) is 5.75 Å². The Balaban J connectivity index is 1.83. The monoisotopic (exact) mass is 378 g/mol. The number of methoxy groups -OCH3 is 1. The molecule has 102 valence electrons. The van der Waals surface area contributed by atoms with Gasteiger partial charge in [0.25, 0.3) is 0 Å². The summed E-state index contributed by atoms with van der Waals surface area (Å²) in [5.74, 6) is 1.35. The minimum absolute atomic E-state index is 0.101. The second-order valence-electron chi connectivity index (χ2n) is 5.07. The van der Waals surface area contributed by atoms with Crippen LogP contribution < -0.4 is 4.74 Å². The van der Waals surface area contributed by atoms with E-state index in [1.807, 2.05) is 36.4 Å². The van der Waals surface area contributed by atoms with Gasteiger partial charge in [-0.2, -0.15) is 0 Å². The third-order valence-electron chi connectivity index (χ3n) is 3.78. The van der Waals surface area contributed by atoms with Crippen molar-refractivity contribution >= 4 is 28.4 Å². The van der Waals surface area contributed by atoms with Crippen LogP contribution in [0.4, 0.5) is 0 Å². The summed E-state index contributed by atoms with van der Waals surface area (Å²) in [6.07, 6.45) is 0.942. The fraction of sp³-hybridized carbons (Fsp3) is 0.235. The fourth-order valence-corrected chi connectivity index (χ4v) is 3.12. The molecule has 2 nitrogen and oxygen atoms in total. The number of ether oxygens (including phenoxy) is 1. The Morgan fingerprint density at radius 2 is 1.95 bits per heavy atom. The number of Topliss-reactive ketones (excluding diaryl/α,β-unsaturated/α-hetero) is 1. The lowest BCUT2D eigenvalue weighted by molar-refractivity contribution is 0.0962. The van der Waals surface area contributed by atoms with Crippen molar-refractivity contribution in [3.8, 4) is 5.75 Å². The second-order valence-corrected chi connectivity index (χ2v) is 6.31. The average Bonchev–Trinajstić information content (AvgIpc) is 3.28. The molecule has 1 aliphatic rings. The predicted octanol–water partition coefficient (Wildman–Crippen LogP) is 4.29. The molecular weight excluding hydrogens is 363 g/mol. The van der Waals surface area contributed by atoms with E-state index in [0.717, 1.165) is 9.99 Å². The van der Waals surface area contributed by atoms with Gasteiger partial charge in [0.05, 0.1) is 12.7 Å². The molecule has 1 aliphatic carbocycles. The molecule has 0 amide bonds. The van der Waals surface area contributed by atoms with E-state index in [1.54, 1.807) is 7.11 Å². The Morgan fingerprint density at radius 3 is 2.65 bits per heavy atom. The minimum atomic E-state index is 0.101. The highest BCUT2D eigenvalue weighted by Gasteiger charge is 2.44. The SMILES string of the molecule is COc1ccc(I)cc1C(=O)C1CC1c1ccccc1. The average molecular weight is 378 g/mol. The van der Waals surface area contributed by atoms with Crippen molar-refractivity contribution in [1.82, 2.24) is 0 Å². The lowest BCUT2D eigenvalue weighted by Gasteiger charge is -2.08. The topological polar surface area (TPSA) is 26.3 Å². The molecule has 0 radical (unpaired) electrons. The van der Waals surface area contributed by atoms with Crippen LogP contribution in [0.15, 0.2) is 48.5 Å². The normalized spacial score (nSPS) is 20.5. The second kappa shape index (κ2) is 5.56. The highest BCUT2D eigenvalue weighted by Crippen LogP contribution is 2.49. The summed E-state index contributed by atoms with van der Waals surface area (Å²) >= 11 is 2.22. The Morgan fingerprint density at radius 1 is 1.20 bits per heavy atom. The van der Waals surface area contributed by atoms with Gasteiger partial charge in [-0.1, -0.05) is 30.3 Å². The Kier molecular flexibility index (Phi) is 3.78. The van der Waals surface area contributed by atoms with Crippen molar-refractivity contribution < 1.29 is 9.53 Å². The standard InChI is InChI=1S/C17H15IO2/c1-20-16-8-7-12(18)9-15(16)17(19)14-10-13(14)11-5-3-2-4-6-11/h2-9,13-14H,10H2,1H3. The molecule has 0 aliphatic heterocycles. The summed E-state index contributed by atoms with van der Waals surface area (Å²) in [5, 5.41) is 0. The highest BCUT2D eigenvalue weighted by atomic mass is 127. The van der Waals surface area contributed by atoms with E-state index in [4.69, 9.17) is 4.74 Å². The number of hydrogen-bond acceptors (Lipinski definition) is 2. The molecule has 1 saturated carbocycles. The van der Waals surface area contributed by atoms with Crippen LogP contribution in [0, 0.1) is 9.49 Å². The zero-order valence-electron chi connectivity index (χ0n) is 11.2. The van der Waals surface area contributed by atoms with Gasteiger partial charge in [0, 0.05) is 9.49 Å². The first-order valence-electron chi connectivity index (χ1n) is 6.63. The van der Waals surface area contributed by atoms with Crippen molar-refractivity contribution in [2.75, 3.05) is 7.11 Å². The summed E-state index contributed by atoms with van der Waals surface area (Å²) in [7, 11) is 1.61. The number of benzene rings is 2. The number of halogens is 1. The number of ketones is 1. The predicted molar refractivity (Wildman–Crippen MR) is 87.3 cm³/mol. The van der Waals surface area contributed by atoms with Crippen molar-refractivity contribution in [2.45, 2.75) is 12.3 Å². The van der Waals surface area contributed by atoms with Crippen LogP contribution in [0.2, 0.25) is 0 Å². The third-order valence-corrected chi connectivity index (χ3v) is 4.45. The molecule has 0 spiro atoms. The third kappa shape index (κ3) is 2.59. The van der Waals surface area contributed by atoms with Gasteiger partial charge in [0.2, 0.25) is 0 Å². The molecule has 0 N–H and O–H groups in total. The van der Waals surface area contributed by atoms with E-state index >= 15 is 0 Å². The van der Waals surface area contributed by atoms with E-state index in [9.17, 15) is 4.79 Å². The van der Waals surface area contributed by atoms with Gasteiger partial charge < -0.3 is 4.74 Å². The Bertz CT molecular complexity index is 637. The molecule has 2 atom stereocenters. The zero-order valence-corrected chi connectivity index (χ0v) is 13.3. The highest BCUT2D eigenvalue weighted by molar-refractivity contribution is 14.1. The molecule has 0 bridgehead atoms. The molecule has 0 heterocycles. The smallest absolute Gasteiger partial charge is 0.170 e. The summed E-state index contributed by atoms with van der Waals surface area (Å²) < 4.78 is 6.38. The summed E-state index contributed by atoms with van der Waals surface area (Å²) in [5.41, 5.74) is 1.97. The first-order chi connectivity index (χ1) is 9.70. The number of carbonyl (C=O) groups excluding carboxylic acids is 1. The van der Waals surface area contributed by atoms with Crippen molar-refractivity contribution in [1.29, 1.82) is 0 Å². The molecule has 0 aromatic heterocycles. The van der Waals surface area contributed by atoms with Gasteiger partial charge in [-0.15, -0.1) is 0 Å². The lowest BCUT2D eigenvalue weighted by Crippen LogP contribution is -2.06. The maximum atomic E-state index is 12.6. The molecular formula is C17H15IO2. The Hall–Kier alpha value is -1.36. The van der Waals surface area contributed by atoms with Gasteiger partial charge >= 0.3 is 0 Å². The Labute approximate surface area is 132 Å². The molecule has 2 aromatic carbocycles. The van der Waals surface area contributed by atoms with Crippen molar-refractivity contribution in [3.63, 3.8) is 0 Å². The van der Waals surface area contributed by atoms with Gasteiger partial charge in [0.1, 0.15) is 5.75 Å². The molecule has 20 heavy (non-hydrogen) atoms. The molecule has 3 rings (SSSR count). The van der Waals surface area contributed by atoms with E-state index in [1.165, 1.54) is 5.56 Å². The molecule has 2 unspecified atom stereocenters. The lowest BCUT2D eigenvalue weighted by atomic mass is 10.0. The van der Waals surface area contributed by atoms with Crippen LogP contribution in [-0.4, -0.2) is 12.9 Å². The maximum Gasteiger partial charge on any atom is 0.170 e. The van der Waals surface area contributed by atoms with E-state index in [-0.39, 0.29) is 11.7 Å². The van der Waals surface area contributed by atoms with Crippen LogP contribution >= 0.6 is 22.6 Å². The summed E-state index contributed by atoms with van der Waals surface area (Å²) in [4.78, 5) is 12.6. The van der Waals surface area contributed by atoms with Crippen LogP contribution in [-0.2, 0) is 0 Å². The number of carbonyl (C=O) groups is 1. The van der Waals surface area contributed by atoms with E-state index in [0.29, 0.717) is 17.2 Å². The van der Waals surface area contributed by atoms with E-state index in [2.05, 4.69) is 34.7 Å². The first kappa shape index (κ1) is 13.6. The van der Waals surface area contributed by atoms with Crippen LogP contribution in [0.1, 0.15) is 28.3 Å². The summed E-state index contributed by atoms with van der Waals surface area (Å²) in [6, 6.07) is 16.0. The van der Waals surface area contributed by atoms with Gasteiger partial charge in [-0.3, -0.25) is 4.79 Å². The van der Waals surface area contributed by atoms with Crippen LogP contribution in [0.3, 0.4) is 0 Å². The van der Waals surface area contributed by atoms with Gasteiger partial charge in [-0.25, -0.2) is 0 Å².